The largest absolute Gasteiger partial charge is 0.360 e. The van der Waals surface area contributed by atoms with E-state index in [1.54, 1.807) is 24.4 Å². The second-order valence-electron chi connectivity index (χ2n) is 4.07. The van der Waals surface area contributed by atoms with E-state index in [2.05, 4.69) is 9.97 Å². The van der Waals surface area contributed by atoms with Crippen LogP contribution >= 0.6 is 11.6 Å². The molecule has 2 heterocycles. The summed E-state index contributed by atoms with van der Waals surface area (Å²) >= 11 is 5.95. The maximum Gasteiger partial charge on any atom is 0.200 e. The highest BCUT2D eigenvalue weighted by atomic mass is 35.5. The predicted molar refractivity (Wildman–Crippen MR) is 72.8 cm³/mol. The number of aromatic amines is 1. The number of hydrogen-bond acceptors (Lipinski definition) is 2. The van der Waals surface area contributed by atoms with E-state index in [0.29, 0.717) is 22.0 Å². The molecule has 0 unspecified atom stereocenters. The summed E-state index contributed by atoms with van der Waals surface area (Å²) in [7, 11) is 0. The molecule has 0 radical (unpaired) electrons. The molecule has 0 aliphatic heterocycles. The van der Waals surface area contributed by atoms with Crippen LogP contribution in [0.1, 0.15) is 0 Å². The van der Waals surface area contributed by atoms with Crippen molar-refractivity contribution in [3.63, 3.8) is 0 Å². The number of halogens is 2. The van der Waals surface area contributed by atoms with Gasteiger partial charge in [-0.2, -0.15) is 0 Å². The lowest BCUT2D eigenvalue weighted by atomic mass is 10.1. The van der Waals surface area contributed by atoms with Gasteiger partial charge in [-0.05, 0) is 23.8 Å². The lowest BCUT2D eigenvalue weighted by Gasteiger charge is -2.04. The van der Waals surface area contributed by atoms with Gasteiger partial charge in [0.1, 0.15) is 11.0 Å². The molecule has 3 nitrogen and oxygen atoms in total. The van der Waals surface area contributed by atoms with Gasteiger partial charge in [0.25, 0.3) is 0 Å². The first kappa shape index (κ1) is 11.9. The van der Waals surface area contributed by atoms with Crippen LogP contribution in [-0.4, -0.2) is 9.97 Å². The summed E-state index contributed by atoms with van der Waals surface area (Å²) in [5.41, 5.74) is 1.20. The molecule has 3 rings (SSSR count). The number of pyridine rings is 2. The molecule has 5 heteroatoms. The number of hydrogen-bond donors (Lipinski definition) is 1. The molecule has 2 aromatic heterocycles. The van der Waals surface area contributed by atoms with Gasteiger partial charge in [0.05, 0.1) is 10.9 Å². The van der Waals surface area contributed by atoms with Crippen molar-refractivity contribution < 1.29 is 4.39 Å². The van der Waals surface area contributed by atoms with E-state index >= 15 is 0 Å². The van der Waals surface area contributed by atoms with Gasteiger partial charge in [-0.3, -0.25) is 4.79 Å². The maximum atomic E-state index is 13.2. The summed E-state index contributed by atoms with van der Waals surface area (Å²) in [6, 6.07) is 7.52. The normalized spacial score (nSPS) is 10.8. The van der Waals surface area contributed by atoms with Gasteiger partial charge in [-0.1, -0.05) is 23.7 Å². The van der Waals surface area contributed by atoms with Gasteiger partial charge in [0.2, 0.25) is 0 Å². The molecule has 0 fully saturated rings. The Morgan fingerprint density at radius 1 is 1.26 bits per heavy atom. The van der Waals surface area contributed by atoms with E-state index in [0.717, 1.165) is 0 Å². The minimum Gasteiger partial charge on any atom is -0.360 e. The van der Waals surface area contributed by atoms with E-state index < -0.39 is 5.82 Å². The lowest BCUT2D eigenvalue weighted by Crippen LogP contribution is -2.07. The summed E-state index contributed by atoms with van der Waals surface area (Å²) in [6.07, 6.45) is 3.07. The van der Waals surface area contributed by atoms with Crippen LogP contribution < -0.4 is 5.43 Å². The second kappa shape index (κ2) is 4.48. The highest BCUT2D eigenvalue weighted by Crippen LogP contribution is 2.21. The van der Waals surface area contributed by atoms with Crippen molar-refractivity contribution in [3.05, 3.63) is 63.9 Å². The van der Waals surface area contributed by atoms with E-state index in [1.807, 2.05) is 0 Å². The van der Waals surface area contributed by atoms with Crippen molar-refractivity contribution in [2.45, 2.75) is 0 Å². The van der Waals surface area contributed by atoms with Crippen molar-refractivity contribution >= 4 is 22.5 Å². The highest BCUT2D eigenvalue weighted by molar-refractivity contribution is 6.34. The molecule has 0 saturated carbocycles. The Morgan fingerprint density at radius 3 is 2.89 bits per heavy atom. The number of fused-ring (bicyclic) bond motifs is 1. The van der Waals surface area contributed by atoms with Gasteiger partial charge >= 0.3 is 0 Å². The van der Waals surface area contributed by atoms with Crippen molar-refractivity contribution in [2.75, 3.05) is 0 Å². The first-order valence-electron chi connectivity index (χ1n) is 5.58. The number of nitrogens with one attached hydrogen (secondary N) is 1. The topological polar surface area (TPSA) is 45.8 Å². The molecule has 0 atom stereocenters. The Bertz CT molecular complexity index is 829. The van der Waals surface area contributed by atoms with Gasteiger partial charge in [0.15, 0.2) is 5.43 Å². The second-order valence-corrected chi connectivity index (χ2v) is 4.42. The molecule has 1 aromatic carbocycles. The van der Waals surface area contributed by atoms with Crippen LogP contribution in [0, 0.1) is 5.82 Å². The van der Waals surface area contributed by atoms with E-state index in [-0.39, 0.29) is 10.6 Å². The number of H-pyrrole nitrogens is 1. The zero-order chi connectivity index (χ0) is 13.4. The van der Waals surface area contributed by atoms with Crippen LogP contribution in [0.2, 0.25) is 5.15 Å². The van der Waals surface area contributed by atoms with Gasteiger partial charge in [-0.15, -0.1) is 0 Å². The summed E-state index contributed by atoms with van der Waals surface area (Å²) in [6.45, 7) is 0. The minimum absolute atomic E-state index is 0.136. The molecule has 0 spiro atoms. The fraction of sp³-hybridized carbons (Fsp3) is 0. The molecular weight excluding hydrogens is 267 g/mol. The SMILES string of the molecule is O=c1c(-c2cccc(F)c2)c[nH]c2ccnc(Cl)c12. The summed E-state index contributed by atoms with van der Waals surface area (Å²) < 4.78 is 13.2. The fourth-order valence-corrected chi connectivity index (χ4v) is 2.24. The first-order chi connectivity index (χ1) is 9.16. The van der Waals surface area contributed by atoms with Gasteiger partial charge < -0.3 is 4.98 Å². The van der Waals surface area contributed by atoms with E-state index in [9.17, 15) is 9.18 Å². The van der Waals surface area contributed by atoms with Crippen molar-refractivity contribution in [2.24, 2.45) is 0 Å². The quantitative estimate of drug-likeness (QED) is 0.692. The number of aromatic nitrogens is 2. The number of nitrogens with zero attached hydrogens (tertiary/aromatic N) is 1. The summed E-state index contributed by atoms with van der Waals surface area (Å²) in [4.78, 5) is 19.3. The molecule has 0 aliphatic carbocycles. The molecule has 0 saturated heterocycles. The van der Waals surface area contributed by atoms with Crippen LogP contribution in [0.15, 0.2) is 47.5 Å². The van der Waals surface area contributed by atoms with E-state index in [1.165, 1.54) is 18.3 Å². The van der Waals surface area contributed by atoms with Gasteiger partial charge in [-0.25, -0.2) is 9.37 Å². The number of rotatable bonds is 1. The monoisotopic (exact) mass is 274 g/mol. The third-order valence-electron chi connectivity index (χ3n) is 2.88. The Kier molecular flexibility index (Phi) is 2.80. The average Bonchev–Trinajstić information content (AvgIpc) is 2.39. The van der Waals surface area contributed by atoms with Crippen molar-refractivity contribution in [1.82, 2.24) is 9.97 Å². The molecule has 0 bridgehead atoms. The Morgan fingerprint density at radius 2 is 2.11 bits per heavy atom. The molecule has 0 aliphatic rings. The molecule has 1 N–H and O–H groups in total. The zero-order valence-electron chi connectivity index (χ0n) is 9.65. The minimum atomic E-state index is -0.394. The Balaban J connectivity index is 2.35. The maximum absolute atomic E-state index is 13.2. The third kappa shape index (κ3) is 2.00. The third-order valence-corrected chi connectivity index (χ3v) is 3.17. The predicted octanol–water partition coefficient (Wildman–Crippen LogP) is 3.38. The Hall–Kier alpha value is -2.20. The summed E-state index contributed by atoms with van der Waals surface area (Å²) in [5, 5.41) is 0.447. The standard InChI is InChI=1S/C14H8ClFN2O/c15-14-12-11(4-5-17-14)18-7-10(13(12)19)8-2-1-3-9(16)6-8/h1-7H,(H,18,19). The van der Waals surface area contributed by atoms with Crippen LogP contribution in [0.4, 0.5) is 4.39 Å². The average molecular weight is 275 g/mol. The molecule has 94 valence electrons. The molecular formula is C14H8ClFN2O. The lowest BCUT2D eigenvalue weighted by molar-refractivity contribution is 0.628. The Labute approximate surface area is 112 Å². The van der Waals surface area contributed by atoms with Crippen LogP contribution in [0.5, 0.6) is 0 Å². The van der Waals surface area contributed by atoms with Crippen molar-refractivity contribution in [1.29, 1.82) is 0 Å². The van der Waals surface area contributed by atoms with Crippen LogP contribution in [-0.2, 0) is 0 Å². The molecule has 19 heavy (non-hydrogen) atoms. The summed E-state index contributed by atoms with van der Waals surface area (Å²) in [5.74, 6) is -0.394. The zero-order valence-corrected chi connectivity index (χ0v) is 10.4. The first-order valence-corrected chi connectivity index (χ1v) is 5.96. The molecule has 0 amide bonds. The fourth-order valence-electron chi connectivity index (χ4n) is 1.99. The van der Waals surface area contributed by atoms with Crippen LogP contribution in [0.25, 0.3) is 22.0 Å². The number of benzene rings is 1. The van der Waals surface area contributed by atoms with Gasteiger partial charge in [0, 0.05) is 18.0 Å². The van der Waals surface area contributed by atoms with Crippen molar-refractivity contribution in [3.8, 4) is 11.1 Å². The van der Waals surface area contributed by atoms with Crippen LogP contribution in [0.3, 0.4) is 0 Å². The van der Waals surface area contributed by atoms with E-state index in [4.69, 9.17) is 11.6 Å². The highest BCUT2D eigenvalue weighted by Gasteiger charge is 2.11. The molecule has 3 aromatic rings. The smallest absolute Gasteiger partial charge is 0.200 e.